The van der Waals surface area contributed by atoms with E-state index in [9.17, 15) is 36.9 Å². The number of hydrogen-bond acceptors (Lipinski definition) is 8. The molecule has 0 saturated heterocycles. The molecule has 5 rings (SSSR count). The molecule has 0 radical (unpaired) electrons. The summed E-state index contributed by atoms with van der Waals surface area (Å²) in [5.74, 6) is -1.85. The summed E-state index contributed by atoms with van der Waals surface area (Å²) in [6.07, 6.45) is -3.16. The summed E-state index contributed by atoms with van der Waals surface area (Å²) < 4.78 is 79.9. The highest BCUT2D eigenvalue weighted by atomic mass is 35.5. The zero-order valence-corrected chi connectivity index (χ0v) is 27.0. The van der Waals surface area contributed by atoms with Crippen LogP contribution in [0.3, 0.4) is 0 Å². The summed E-state index contributed by atoms with van der Waals surface area (Å²) in [6.45, 7) is 3.69. The van der Waals surface area contributed by atoms with Crippen LogP contribution >= 0.6 is 19.4 Å². The van der Waals surface area contributed by atoms with E-state index in [2.05, 4.69) is 15.5 Å². The molecule has 12 nitrogen and oxygen atoms in total. The quantitative estimate of drug-likeness (QED) is 0.165. The smallest absolute Gasteiger partial charge is 0.385 e. The molecule has 2 saturated carbocycles. The first-order valence-corrected chi connectivity index (χ1v) is 16.2. The van der Waals surface area contributed by atoms with Crippen molar-refractivity contribution >= 4 is 36.8 Å². The van der Waals surface area contributed by atoms with Crippen LogP contribution in [0.25, 0.3) is 0 Å². The predicted octanol–water partition coefficient (Wildman–Crippen LogP) is 5.94. The molecule has 252 valence electrons. The van der Waals surface area contributed by atoms with Gasteiger partial charge in [-0.05, 0) is 76.5 Å². The normalized spacial score (nSPS) is 24.6. The van der Waals surface area contributed by atoms with Gasteiger partial charge in [0.2, 0.25) is 0 Å². The van der Waals surface area contributed by atoms with E-state index in [1.165, 1.54) is 37.6 Å². The van der Waals surface area contributed by atoms with E-state index in [4.69, 9.17) is 26.4 Å². The number of carbonyl (C=O) groups excluding carboxylic acids is 1. The lowest BCUT2D eigenvalue weighted by molar-refractivity contribution is -0.144. The number of phosphoric acid groups is 1. The molecule has 2 aliphatic rings. The maximum atomic E-state index is 14.1. The Morgan fingerprint density at radius 1 is 1.22 bits per heavy atom. The first-order chi connectivity index (χ1) is 21.2. The molecule has 5 N–H and O–H groups in total. The second-order valence-electron chi connectivity index (χ2n) is 12.8. The van der Waals surface area contributed by atoms with Crippen LogP contribution in [0.5, 0.6) is 0 Å². The number of fused-ring (bicyclic) bond motifs is 1. The van der Waals surface area contributed by atoms with Gasteiger partial charge < -0.3 is 21.1 Å². The third-order valence-electron chi connectivity index (χ3n) is 8.22. The summed E-state index contributed by atoms with van der Waals surface area (Å²) in [5, 5.41) is 22.1. The van der Waals surface area contributed by atoms with Crippen LogP contribution in [0.15, 0.2) is 24.4 Å². The van der Waals surface area contributed by atoms with Crippen molar-refractivity contribution in [3.8, 4) is 0 Å². The number of nitrogens with zero attached hydrogens (tertiary/aromatic N) is 4. The lowest BCUT2D eigenvalue weighted by Gasteiger charge is -2.25. The number of hydrogen-bond donors (Lipinski definition) is 4. The highest BCUT2D eigenvalue weighted by molar-refractivity contribution is 7.47. The minimum atomic E-state index is -4.93. The topological polar surface area (TPSA) is 167 Å². The molecule has 2 aromatic heterocycles. The molecule has 0 spiro atoms. The Labute approximate surface area is 266 Å². The number of alkyl halides is 3. The zero-order chi connectivity index (χ0) is 34.0. The Bertz CT molecular complexity index is 1690. The second-order valence-corrected chi connectivity index (χ2v) is 14.6. The molecular formula is C28H34ClF4N6O6P. The van der Waals surface area contributed by atoms with E-state index in [-0.39, 0.29) is 52.7 Å². The number of carbonyl (C=O) groups is 1. The first-order valence-electron chi connectivity index (χ1n) is 14.3. The van der Waals surface area contributed by atoms with Crippen molar-refractivity contribution in [1.82, 2.24) is 19.6 Å². The van der Waals surface area contributed by atoms with Crippen LogP contribution in [0.1, 0.15) is 79.7 Å². The van der Waals surface area contributed by atoms with Gasteiger partial charge >= 0.3 is 14.0 Å². The van der Waals surface area contributed by atoms with Gasteiger partial charge in [-0.15, -0.1) is 0 Å². The molecule has 2 aliphatic carbocycles. The van der Waals surface area contributed by atoms with Crippen LogP contribution in [0.2, 0.25) is 5.02 Å². The van der Waals surface area contributed by atoms with Crippen LogP contribution in [-0.2, 0) is 39.2 Å². The number of aromatic nitrogens is 4. The van der Waals surface area contributed by atoms with Crippen molar-refractivity contribution in [2.24, 2.45) is 18.9 Å². The molecular weight excluding hydrogens is 659 g/mol. The molecule has 2 fully saturated rings. The number of nitrogen functional groups attached to an aromatic ring is 1. The summed E-state index contributed by atoms with van der Waals surface area (Å²) in [5.41, 5.74) is 2.25. The monoisotopic (exact) mass is 692 g/mol. The fraction of sp³-hybridized carbons (Fsp3) is 0.536. The van der Waals surface area contributed by atoms with Crippen LogP contribution in [0, 0.1) is 17.7 Å². The fourth-order valence-electron chi connectivity index (χ4n) is 6.49. The van der Waals surface area contributed by atoms with Gasteiger partial charge in [0.15, 0.2) is 12.4 Å². The molecule has 0 aliphatic heterocycles. The maximum absolute atomic E-state index is 14.1. The van der Waals surface area contributed by atoms with Crippen LogP contribution in [-0.4, -0.2) is 41.1 Å². The highest BCUT2D eigenvalue weighted by Gasteiger charge is 2.54. The number of aliphatic hydroxyl groups is 1. The van der Waals surface area contributed by atoms with Crippen molar-refractivity contribution < 1.29 is 46.0 Å². The number of benzene rings is 1. The number of halogens is 5. The Morgan fingerprint density at radius 3 is 2.41 bits per heavy atom. The van der Waals surface area contributed by atoms with Crippen molar-refractivity contribution in [3.63, 3.8) is 0 Å². The highest BCUT2D eigenvalue weighted by Crippen LogP contribution is 2.58. The van der Waals surface area contributed by atoms with E-state index in [0.717, 1.165) is 12.3 Å². The average molecular weight is 693 g/mol. The molecule has 3 unspecified atom stereocenters. The number of nitrogens with one attached hydrogen (secondary N) is 1. The molecule has 0 bridgehead atoms. The lowest BCUT2D eigenvalue weighted by atomic mass is 9.87. The van der Waals surface area contributed by atoms with Gasteiger partial charge in [-0.3, -0.25) is 18.5 Å². The summed E-state index contributed by atoms with van der Waals surface area (Å²) in [4.78, 5) is 23.2. The Balaban J connectivity index is 1.33. The van der Waals surface area contributed by atoms with Gasteiger partial charge in [-0.25, -0.2) is 13.6 Å². The van der Waals surface area contributed by atoms with Gasteiger partial charge in [-0.1, -0.05) is 11.6 Å². The number of phosphoric ester groups is 1. The number of anilines is 2. The number of amides is 1. The SMILES string of the molecule is Cn1nc(C2CC3CC(O)(c4cn(COP(=O)(O)OC(C)(C)C)nc4C(F)(F)F)CC3C2)c(C(=O)Nc2ccc(F)c(Cl)c2)c1N. The minimum absolute atomic E-state index is 0.0205. The van der Waals surface area contributed by atoms with E-state index in [0.29, 0.717) is 23.2 Å². The Hall–Kier alpha value is -3.01. The predicted molar refractivity (Wildman–Crippen MR) is 158 cm³/mol. The molecule has 2 heterocycles. The number of aryl methyl sites for hydroxylation is 1. The van der Waals surface area contributed by atoms with Gasteiger partial charge in [-0.2, -0.15) is 23.4 Å². The third kappa shape index (κ3) is 7.11. The second kappa shape index (κ2) is 11.9. The molecule has 3 aromatic rings. The van der Waals surface area contributed by atoms with Crippen molar-refractivity contribution in [3.05, 3.63) is 57.8 Å². The minimum Gasteiger partial charge on any atom is -0.385 e. The molecule has 3 atom stereocenters. The zero-order valence-electron chi connectivity index (χ0n) is 25.3. The lowest BCUT2D eigenvalue weighted by Crippen LogP contribution is -2.26. The number of rotatable bonds is 8. The Kier molecular flexibility index (Phi) is 8.88. The molecule has 1 aromatic carbocycles. The largest absolute Gasteiger partial charge is 0.474 e. The van der Waals surface area contributed by atoms with Crippen molar-refractivity contribution in [2.45, 2.75) is 76.5 Å². The van der Waals surface area contributed by atoms with Crippen LogP contribution in [0.4, 0.5) is 29.1 Å². The Morgan fingerprint density at radius 2 is 1.85 bits per heavy atom. The van der Waals surface area contributed by atoms with Gasteiger partial charge in [0, 0.05) is 30.4 Å². The standard InChI is InChI=1S/C28H34ClF4N6O6P/c1-26(2,3)45-46(42,43)44-13-39-12-18(23(37-39)28(31,32)33)27(41)10-15-7-14(8-16(15)11-27)22-21(24(34)38(4)36-22)25(40)35-17-5-6-20(30)19(29)9-17/h5-6,9,12,14-16,41H,7-8,10-11,13,34H2,1-4H3,(H,35,40)(H,42,43). The summed E-state index contributed by atoms with van der Waals surface area (Å²) >= 11 is 5.84. The first kappa shape index (κ1) is 34.3. The van der Waals surface area contributed by atoms with E-state index in [1.807, 2.05) is 0 Å². The third-order valence-corrected chi connectivity index (χ3v) is 9.73. The fourth-order valence-corrected chi connectivity index (χ4v) is 7.68. The molecule has 1 amide bonds. The average Bonchev–Trinajstić information content (AvgIpc) is 3.65. The van der Waals surface area contributed by atoms with Crippen molar-refractivity contribution in [1.29, 1.82) is 0 Å². The van der Waals surface area contributed by atoms with E-state index >= 15 is 0 Å². The summed E-state index contributed by atoms with van der Waals surface area (Å²) in [6, 6.07) is 3.71. The van der Waals surface area contributed by atoms with Gasteiger partial charge in [0.1, 0.15) is 17.2 Å². The van der Waals surface area contributed by atoms with Gasteiger partial charge in [0.25, 0.3) is 5.91 Å². The van der Waals surface area contributed by atoms with E-state index in [1.54, 1.807) is 7.05 Å². The summed E-state index contributed by atoms with van der Waals surface area (Å²) in [7, 11) is -3.05. The maximum Gasteiger partial charge on any atom is 0.474 e. The van der Waals surface area contributed by atoms with E-state index < -0.39 is 54.9 Å². The van der Waals surface area contributed by atoms with Crippen LogP contribution < -0.4 is 11.1 Å². The number of nitrogens with two attached hydrogens (primary N) is 1. The van der Waals surface area contributed by atoms with Crippen molar-refractivity contribution in [2.75, 3.05) is 11.1 Å². The molecule has 18 heteroatoms. The van der Waals surface area contributed by atoms with Gasteiger partial charge in [0.05, 0.1) is 21.9 Å². The molecule has 46 heavy (non-hydrogen) atoms.